The molecule has 1 aliphatic rings. The van der Waals surface area contributed by atoms with Crippen molar-refractivity contribution in [2.24, 2.45) is 0 Å². The molecular formula is C12H14F2N2O4. The highest BCUT2D eigenvalue weighted by Gasteiger charge is 2.30. The van der Waals surface area contributed by atoms with E-state index in [0.29, 0.717) is 12.1 Å². The minimum atomic E-state index is -1.03. The van der Waals surface area contributed by atoms with Crippen LogP contribution in [0, 0.1) is 21.7 Å². The van der Waals surface area contributed by atoms with Crippen LogP contribution in [0.15, 0.2) is 12.1 Å². The summed E-state index contributed by atoms with van der Waals surface area (Å²) in [5.74, 6) is -2.77. The predicted octanol–water partition coefficient (Wildman–Crippen LogP) is 2.44. The van der Waals surface area contributed by atoms with Gasteiger partial charge in [0, 0.05) is 6.07 Å². The SMILES string of the molecule is CC1(C)OCC(Nc2c(F)cc(F)cc2[N+](=O)[O-])CO1. The standard InChI is InChI=1S/C12H14F2N2O4/c1-12(2)19-5-8(6-20-12)15-11-9(14)3-7(13)4-10(11)16(17)18/h3-4,8,15H,5-6H2,1-2H3. The molecule has 20 heavy (non-hydrogen) atoms. The first kappa shape index (κ1) is 14.6. The molecule has 1 saturated heterocycles. The van der Waals surface area contributed by atoms with Gasteiger partial charge in [-0.2, -0.15) is 0 Å². The van der Waals surface area contributed by atoms with Gasteiger partial charge in [0.2, 0.25) is 0 Å². The van der Waals surface area contributed by atoms with E-state index >= 15 is 0 Å². The predicted molar refractivity (Wildman–Crippen MR) is 66.4 cm³/mol. The highest BCUT2D eigenvalue weighted by molar-refractivity contribution is 5.63. The third-order valence-electron chi connectivity index (χ3n) is 2.84. The molecule has 1 aromatic rings. The smallest absolute Gasteiger partial charge is 0.298 e. The lowest BCUT2D eigenvalue weighted by molar-refractivity contribution is -0.384. The molecule has 0 aromatic heterocycles. The zero-order chi connectivity index (χ0) is 14.9. The van der Waals surface area contributed by atoms with Crippen LogP contribution in [0.25, 0.3) is 0 Å². The maximum absolute atomic E-state index is 13.7. The van der Waals surface area contributed by atoms with Crippen LogP contribution < -0.4 is 5.32 Å². The number of nitrogens with zero attached hydrogens (tertiary/aromatic N) is 1. The number of benzene rings is 1. The van der Waals surface area contributed by atoms with Crippen LogP contribution in [0.4, 0.5) is 20.2 Å². The molecule has 0 atom stereocenters. The molecule has 0 saturated carbocycles. The van der Waals surface area contributed by atoms with E-state index in [1.807, 2.05) is 0 Å². The van der Waals surface area contributed by atoms with Crippen molar-refractivity contribution in [3.05, 3.63) is 33.9 Å². The van der Waals surface area contributed by atoms with E-state index in [9.17, 15) is 18.9 Å². The third-order valence-corrected chi connectivity index (χ3v) is 2.84. The van der Waals surface area contributed by atoms with Crippen molar-refractivity contribution in [1.82, 2.24) is 0 Å². The Morgan fingerprint density at radius 3 is 2.50 bits per heavy atom. The molecule has 0 radical (unpaired) electrons. The summed E-state index contributed by atoms with van der Waals surface area (Å²) in [4.78, 5) is 10.00. The molecule has 0 aliphatic carbocycles. The van der Waals surface area contributed by atoms with Gasteiger partial charge in [0.15, 0.2) is 11.6 Å². The van der Waals surface area contributed by atoms with E-state index < -0.39 is 34.1 Å². The Kier molecular flexibility index (Phi) is 3.87. The summed E-state index contributed by atoms with van der Waals surface area (Å²) < 4.78 is 37.4. The summed E-state index contributed by atoms with van der Waals surface area (Å²) in [5, 5.41) is 13.5. The van der Waals surface area contributed by atoms with Crippen molar-refractivity contribution in [2.75, 3.05) is 18.5 Å². The van der Waals surface area contributed by atoms with Gasteiger partial charge >= 0.3 is 0 Å². The minimum Gasteiger partial charge on any atom is -0.370 e. The van der Waals surface area contributed by atoms with Gasteiger partial charge in [-0.1, -0.05) is 0 Å². The molecule has 1 heterocycles. The van der Waals surface area contributed by atoms with Gasteiger partial charge in [0.1, 0.15) is 11.5 Å². The number of nitro benzene ring substituents is 1. The molecule has 0 unspecified atom stereocenters. The Morgan fingerprint density at radius 2 is 1.95 bits per heavy atom. The Hall–Kier alpha value is -1.80. The molecule has 0 spiro atoms. The zero-order valence-electron chi connectivity index (χ0n) is 11.0. The highest BCUT2D eigenvalue weighted by atomic mass is 19.1. The van der Waals surface area contributed by atoms with Crippen LogP contribution in [-0.4, -0.2) is 30.0 Å². The highest BCUT2D eigenvalue weighted by Crippen LogP contribution is 2.30. The average molecular weight is 288 g/mol. The molecule has 110 valence electrons. The maximum Gasteiger partial charge on any atom is 0.298 e. The van der Waals surface area contributed by atoms with Crippen LogP contribution in [0.1, 0.15) is 13.8 Å². The van der Waals surface area contributed by atoms with E-state index in [2.05, 4.69) is 5.32 Å². The first-order chi connectivity index (χ1) is 9.28. The topological polar surface area (TPSA) is 73.6 Å². The quantitative estimate of drug-likeness (QED) is 0.683. The number of anilines is 1. The van der Waals surface area contributed by atoms with Crippen LogP contribution in [0.3, 0.4) is 0 Å². The Morgan fingerprint density at radius 1 is 1.35 bits per heavy atom. The zero-order valence-corrected chi connectivity index (χ0v) is 11.0. The molecular weight excluding hydrogens is 274 g/mol. The van der Waals surface area contributed by atoms with Gasteiger partial charge in [0.05, 0.1) is 30.2 Å². The summed E-state index contributed by atoms with van der Waals surface area (Å²) in [7, 11) is 0. The fourth-order valence-corrected chi connectivity index (χ4v) is 1.83. The number of halogens is 2. The summed E-state index contributed by atoms with van der Waals surface area (Å²) in [5.41, 5.74) is -1.03. The van der Waals surface area contributed by atoms with Crippen molar-refractivity contribution in [1.29, 1.82) is 0 Å². The Bertz CT molecular complexity index is 526. The minimum absolute atomic E-state index is 0.195. The molecule has 2 rings (SSSR count). The van der Waals surface area contributed by atoms with Gasteiger partial charge in [-0.05, 0) is 13.8 Å². The van der Waals surface area contributed by atoms with Crippen molar-refractivity contribution < 1.29 is 23.2 Å². The summed E-state index contributed by atoms with van der Waals surface area (Å²) in [6.45, 7) is 3.84. The Labute approximate surface area is 113 Å². The Balaban J connectivity index is 2.19. The van der Waals surface area contributed by atoms with Crippen LogP contribution in [0.2, 0.25) is 0 Å². The first-order valence-corrected chi connectivity index (χ1v) is 5.96. The molecule has 0 bridgehead atoms. The van der Waals surface area contributed by atoms with E-state index in [4.69, 9.17) is 9.47 Å². The summed E-state index contributed by atoms with van der Waals surface area (Å²) in [6.07, 6.45) is 0. The van der Waals surface area contributed by atoms with Gasteiger partial charge < -0.3 is 14.8 Å². The lowest BCUT2D eigenvalue weighted by atomic mass is 10.2. The molecule has 6 nitrogen and oxygen atoms in total. The molecule has 1 N–H and O–H groups in total. The van der Waals surface area contributed by atoms with Gasteiger partial charge in [-0.15, -0.1) is 0 Å². The van der Waals surface area contributed by atoms with Gasteiger partial charge in [-0.3, -0.25) is 10.1 Å². The largest absolute Gasteiger partial charge is 0.370 e. The van der Waals surface area contributed by atoms with Crippen molar-refractivity contribution >= 4 is 11.4 Å². The molecule has 8 heteroatoms. The normalized spacial score (nSPS) is 18.8. The number of ether oxygens (including phenoxy) is 2. The van der Waals surface area contributed by atoms with Crippen LogP contribution in [-0.2, 0) is 9.47 Å². The number of nitro groups is 1. The lowest BCUT2D eigenvalue weighted by Crippen LogP contribution is -2.45. The second-order valence-electron chi connectivity index (χ2n) is 4.90. The number of hydrogen-bond donors (Lipinski definition) is 1. The molecule has 1 fully saturated rings. The van der Waals surface area contributed by atoms with E-state index in [1.54, 1.807) is 13.8 Å². The second kappa shape index (κ2) is 5.29. The van der Waals surface area contributed by atoms with E-state index in [0.717, 1.165) is 0 Å². The lowest BCUT2D eigenvalue weighted by Gasteiger charge is -2.35. The van der Waals surface area contributed by atoms with Gasteiger partial charge in [0.25, 0.3) is 5.69 Å². The maximum atomic E-state index is 13.7. The van der Waals surface area contributed by atoms with E-state index in [1.165, 1.54) is 0 Å². The second-order valence-corrected chi connectivity index (χ2v) is 4.90. The van der Waals surface area contributed by atoms with Crippen LogP contribution in [0.5, 0.6) is 0 Å². The third kappa shape index (κ3) is 3.20. The molecule has 0 amide bonds. The number of hydrogen-bond acceptors (Lipinski definition) is 5. The molecule has 1 aliphatic heterocycles. The number of rotatable bonds is 3. The average Bonchev–Trinajstić information content (AvgIpc) is 2.34. The van der Waals surface area contributed by atoms with Crippen molar-refractivity contribution in [2.45, 2.75) is 25.7 Å². The van der Waals surface area contributed by atoms with Crippen LogP contribution >= 0.6 is 0 Å². The first-order valence-electron chi connectivity index (χ1n) is 5.96. The van der Waals surface area contributed by atoms with Crippen molar-refractivity contribution in [3.63, 3.8) is 0 Å². The summed E-state index contributed by atoms with van der Waals surface area (Å²) >= 11 is 0. The van der Waals surface area contributed by atoms with Gasteiger partial charge in [-0.25, -0.2) is 8.78 Å². The fourth-order valence-electron chi connectivity index (χ4n) is 1.83. The monoisotopic (exact) mass is 288 g/mol. The van der Waals surface area contributed by atoms with Crippen molar-refractivity contribution in [3.8, 4) is 0 Å². The molecule has 1 aromatic carbocycles. The summed E-state index contributed by atoms with van der Waals surface area (Å²) in [6, 6.07) is 0.797. The number of nitrogens with one attached hydrogen (secondary N) is 1. The van der Waals surface area contributed by atoms with E-state index in [-0.39, 0.29) is 18.9 Å². The fraction of sp³-hybridized carbons (Fsp3) is 0.500.